The van der Waals surface area contributed by atoms with Crippen molar-refractivity contribution < 1.29 is 13.3 Å². The SMILES string of the molecule is c1cc(-c2nc(-c3ccc(-n4c5ccccc5c5c6c(ccc54)oc4ccccc46)cc3)nc(-c3cccc(-n4c5ccccc5c5c6c(ccc54)oc4ccccc46)c3)n2)cc(-n2c3ccccc3c3c4c(ccc32)oc2ccccc24)c1. The zero-order valence-electron chi connectivity index (χ0n) is 44.7. The van der Waals surface area contributed by atoms with Gasteiger partial charge in [0.2, 0.25) is 0 Å². The van der Waals surface area contributed by atoms with Crippen molar-refractivity contribution in [3.05, 3.63) is 255 Å². The van der Waals surface area contributed by atoms with Crippen LogP contribution in [0.25, 0.3) is 182 Å². The van der Waals surface area contributed by atoms with Gasteiger partial charge < -0.3 is 27.0 Å². The molecular formula is C75H42N6O3. The highest BCUT2D eigenvalue weighted by Gasteiger charge is 2.24. The maximum absolute atomic E-state index is 6.43. The zero-order valence-corrected chi connectivity index (χ0v) is 44.7. The molecule has 0 aliphatic carbocycles. The molecule has 9 nitrogen and oxygen atoms in total. The Balaban J connectivity index is 0.799. The molecular weight excluding hydrogens is 1030 g/mol. The molecule has 84 heavy (non-hydrogen) atoms. The second-order valence-corrected chi connectivity index (χ2v) is 21.8. The summed E-state index contributed by atoms with van der Waals surface area (Å²) in [4.78, 5) is 16.2. The van der Waals surface area contributed by atoms with Gasteiger partial charge in [-0.3, -0.25) is 0 Å². The van der Waals surface area contributed by atoms with Gasteiger partial charge in [-0.05, 0) is 121 Å². The Hall–Kier alpha value is -11.6. The second-order valence-electron chi connectivity index (χ2n) is 21.8. The highest BCUT2D eigenvalue weighted by molar-refractivity contribution is 6.30. The van der Waals surface area contributed by atoms with E-state index in [9.17, 15) is 0 Å². The van der Waals surface area contributed by atoms with Gasteiger partial charge in [-0.15, -0.1) is 0 Å². The van der Waals surface area contributed by atoms with Crippen LogP contribution in [0.5, 0.6) is 0 Å². The molecule has 0 saturated carbocycles. The van der Waals surface area contributed by atoms with Crippen LogP contribution in [0.3, 0.4) is 0 Å². The van der Waals surface area contributed by atoms with Crippen LogP contribution in [0.4, 0.5) is 0 Å². The molecule has 0 aliphatic heterocycles. The minimum Gasteiger partial charge on any atom is -0.456 e. The summed E-state index contributed by atoms with van der Waals surface area (Å²) in [5, 5.41) is 13.6. The second kappa shape index (κ2) is 17.0. The lowest BCUT2D eigenvalue weighted by molar-refractivity contribution is 0.669. The molecule has 19 aromatic rings. The monoisotopic (exact) mass is 1070 g/mol. The molecule has 0 fully saturated rings. The van der Waals surface area contributed by atoms with E-state index in [0.29, 0.717) is 17.5 Å². The summed E-state index contributed by atoms with van der Waals surface area (Å²) in [7, 11) is 0. The molecule has 0 amide bonds. The molecule has 0 radical (unpaired) electrons. The van der Waals surface area contributed by atoms with Gasteiger partial charge in [-0.1, -0.05) is 133 Å². The third-order valence-electron chi connectivity index (χ3n) is 17.3. The van der Waals surface area contributed by atoms with Crippen molar-refractivity contribution in [2.75, 3.05) is 0 Å². The number of hydrogen-bond acceptors (Lipinski definition) is 6. The van der Waals surface area contributed by atoms with Crippen molar-refractivity contribution in [3.8, 4) is 51.2 Å². The first-order chi connectivity index (χ1) is 41.6. The quantitative estimate of drug-likeness (QED) is 0.165. The van der Waals surface area contributed by atoms with Crippen molar-refractivity contribution in [2.24, 2.45) is 0 Å². The van der Waals surface area contributed by atoms with E-state index in [0.717, 1.165) is 154 Å². The number of fused-ring (bicyclic) bond motifs is 21. The van der Waals surface area contributed by atoms with Gasteiger partial charge >= 0.3 is 0 Å². The van der Waals surface area contributed by atoms with Gasteiger partial charge in [-0.25, -0.2) is 15.0 Å². The number of rotatable bonds is 6. The predicted molar refractivity (Wildman–Crippen MR) is 341 cm³/mol. The van der Waals surface area contributed by atoms with E-state index in [1.54, 1.807) is 0 Å². The number of nitrogens with zero attached hydrogens (tertiary/aromatic N) is 6. The van der Waals surface area contributed by atoms with Crippen LogP contribution in [-0.4, -0.2) is 28.7 Å². The number of furan rings is 3. The van der Waals surface area contributed by atoms with E-state index in [2.05, 4.69) is 232 Å². The summed E-state index contributed by atoms with van der Waals surface area (Å²) in [6.45, 7) is 0. The number of benzene rings is 12. The molecule has 7 aromatic heterocycles. The fraction of sp³-hybridized carbons (Fsp3) is 0. The Labute approximate surface area is 476 Å². The van der Waals surface area contributed by atoms with Gasteiger partial charge in [0, 0.05) is 98.4 Å². The molecule has 390 valence electrons. The maximum Gasteiger partial charge on any atom is 0.164 e. The molecule has 0 bridgehead atoms. The van der Waals surface area contributed by atoms with Gasteiger partial charge in [0.15, 0.2) is 17.5 Å². The average molecular weight is 1080 g/mol. The standard InChI is InChI=1S/C75H42N6O3/c1-7-25-55-49(19-1)67-58(35-38-64-70(67)52-22-4-10-28-61(52)82-64)79(55)46-33-31-43(32-34-46)73-76-74(44-15-13-17-47(41-44)80-56-26-8-2-20-50(56)68-59(80)36-39-65-71(68)53-23-5-11-29-62(53)83-65)78-75(77-73)45-16-14-18-48(42-45)81-57-27-9-3-21-51(57)69-60(81)37-40-66-72(69)54-24-6-12-30-63(54)84-66/h1-42H. The van der Waals surface area contributed by atoms with Crippen LogP contribution >= 0.6 is 0 Å². The van der Waals surface area contributed by atoms with Crippen LogP contribution in [0.2, 0.25) is 0 Å². The topological polar surface area (TPSA) is 92.9 Å². The Morgan fingerprint density at radius 1 is 0.214 bits per heavy atom. The Morgan fingerprint density at radius 3 is 0.940 bits per heavy atom. The van der Waals surface area contributed by atoms with Crippen LogP contribution in [0.15, 0.2) is 268 Å². The molecule has 7 heterocycles. The Kier molecular flexibility index (Phi) is 9.15. The number of hydrogen-bond donors (Lipinski definition) is 0. The van der Waals surface area contributed by atoms with E-state index < -0.39 is 0 Å². The minimum absolute atomic E-state index is 0.556. The highest BCUT2D eigenvalue weighted by Crippen LogP contribution is 2.45. The maximum atomic E-state index is 6.43. The van der Waals surface area contributed by atoms with E-state index in [4.69, 9.17) is 28.2 Å². The molecule has 0 N–H and O–H groups in total. The Morgan fingerprint density at radius 2 is 0.548 bits per heavy atom. The van der Waals surface area contributed by atoms with Crippen molar-refractivity contribution in [2.45, 2.75) is 0 Å². The summed E-state index contributed by atoms with van der Waals surface area (Å²) >= 11 is 0. The molecule has 0 spiro atoms. The molecule has 0 unspecified atom stereocenters. The van der Waals surface area contributed by atoms with Crippen molar-refractivity contribution in [3.63, 3.8) is 0 Å². The first-order valence-corrected chi connectivity index (χ1v) is 28.2. The van der Waals surface area contributed by atoms with Crippen molar-refractivity contribution in [1.82, 2.24) is 28.7 Å². The summed E-state index contributed by atoms with van der Waals surface area (Å²) < 4.78 is 26.3. The van der Waals surface area contributed by atoms with E-state index >= 15 is 0 Å². The molecule has 12 aromatic carbocycles. The lowest BCUT2D eigenvalue weighted by Gasteiger charge is -2.13. The number of para-hydroxylation sites is 6. The van der Waals surface area contributed by atoms with E-state index in [-0.39, 0.29) is 0 Å². The zero-order chi connectivity index (χ0) is 54.7. The smallest absolute Gasteiger partial charge is 0.164 e. The summed E-state index contributed by atoms with van der Waals surface area (Å²) in [5.74, 6) is 1.67. The lowest BCUT2D eigenvalue weighted by atomic mass is 10.1. The first-order valence-electron chi connectivity index (χ1n) is 28.2. The van der Waals surface area contributed by atoms with Crippen LogP contribution in [0.1, 0.15) is 0 Å². The van der Waals surface area contributed by atoms with E-state index in [1.807, 2.05) is 36.4 Å². The van der Waals surface area contributed by atoms with E-state index in [1.165, 1.54) is 10.8 Å². The predicted octanol–water partition coefficient (Wildman–Crippen LogP) is 19.9. The largest absolute Gasteiger partial charge is 0.456 e. The average Bonchev–Trinajstić information content (AvgIpc) is 1.97. The minimum atomic E-state index is 0.556. The first kappa shape index (κ1) is 45.2. The van der Waals surface area contributed by atoms with Crippen LogP contribution < -0.4 is 0 Å². The van der Waals surface area contributed by atoms with Crippen LogP contribution in [0, 0.1) is 0 Å². The number of aromatic nitrogens is 6. The highest BCUT2D eigenvalue weighted by atomic mass is 16.3. The van der Waals surface area contributed by atoms with Crippen molar-refractivity contribution in [1.29, 1.82) is 0 Å². The third-order valence-corrected chi connectivity index (χ3v) is 17.3. The normalized spacial score (nSPS) is 12.3. The summed E-state index contributed by atoms with van der Waals surface area (Å²) in [6.07, 6.45) is 0. The van der Waals surface area contributed by atoms with Crippen LogP contribution in [-0.2, 0) is 0 Å². The molecule has 0 saturated heterocycles. The molecule has 0 atom stereocenters. The summed E-state index contributed by atoms with van der Waals surface area (Å²) in [5.41, 5.74) is 17.3. The molecule has 0 aliphatic rings. The third kappa shape index (κ3) is 6.34. The fourth-order valence-corrected chi connectivity index (χ4v) is 13.7. The van der Waals surface area contributed by atoms with Gasteiger partial charge in [0.05, 0.1) is 33.1 Å². The van der Waals surface area contributed by atoms with Gasteiger partial charge in [0.1, 0.15) is 33.5 Å². The fourth-order valence-electron chi connectivity index (χ4n) is 13.7. The lowest BCUT2D eigenvalue weighted by Crippen LogP contribution is -2.02. The Bertz CT molecular complexity index is 5760. The van der Waals surface area contributed by atoms with Gasteiger partial charge in [-0.2, -0.15) is 0 Å². The molecule has 9 heteroatoms. The van der Waals surface area contributed by atoms with Gasteiger partial charge in [0.25, 0.3) is 0 Å². The molecule has 19 rings (SSSR count). The summed E-state index contributed by atoms with van der Waals surface area (Å²) in [6, 6.07) is 89.4. The van der Waals surface area contributed by atoms with Crippen molar-refractivity contribution >= 4 is 131 Å².